The highest BCUT2D eigenvalue weighted by Crippen LogP contribution is 2.29. The smallest absolute Gasteiger partial charge is 0.146 e. The van der Waals surface area contributed by atoms with E-state index >= 15 is 0 Å². The lowest BCUT2D eigenvalue weighted by molar-refractivity contribution is 0.867. The van der Waals surface area contributed by atoms with Gasteiger partial charge in [-0.1, -0.05) is 49.7 Å². The quantitative estimate of drug-likeness (QED) is 0.884. The lowest BCUT2D eigenvalue weighted by atomic mass is 10.0. The highest BCUT2D eigenvalue weighted by molar-refractivity contribution is 6.35. The van der Waals surface area contributed by atoms with Gasteiger partial charge in [-0.2, -0.15) is 0 Å². The molecule has 0 aliphatic carbocycles. The Hall–Kier alpha value is -1.61. The zero-order valence-electron chi connectivity index (χ0n) is 9.81. The Kier molecular flexibility index (Phi) is 3.29. The summed E-state index contributed by atoms with van der Waals surface area (Å²) < 4.78 is 0. The molecular formula is C13H14ClN3. The van der Waals surface area contributed by atoms with Crippen molar-refractivity contribution in [2.75, 3.05) is 5.73 Å². The maximum atomic E-state index is 6.08. The van der Waals surface area contributed by atoms with Crippen molar-refractivity contribution in [1.82, 2.24) is 9.97 Å². The molecule has 4 heteroatoms. The molecule has 3 nitrogen and oxygen atoms in total. The molecule has 1 aromatic heterocycles. The van der Waals surface area contributed by atoms with E-state index in [4.69, 9.17) is 17.3 Å². The minimum absolute atomic E-state index is 0.310. The third kappa shape index (κ3) is 2.39. The van der Waals surface area contributed by atoms with Gasteiger partial charge in [-0.15, -0.1) is 0 Å². The Labute approximate surface area is 106 Å². The number of halogens is 1. The van der Waals surface area contributed by atoms with Gasteiger partial charge in [-0.05, 0) is 11.5 Å². The zero-order valence-corrected chi connectivity index (χ0v) is 10.6. The van der Waals surface area contributed by atoms with E-state index in [1.165, 1.54) is 11.9 Å². The first-order valence-electron chi connectivity index (χ1n) is 5.46. The summed E-state index contributed by atoms with van der Waals surface area (Å²) >= 11 is 6.08. The van der Waals surface area contributed by atoms with Crippen molar-refractivity contribution in [3.05, 3.63) is 41.2 Å². The maximum absolute atomic E-state index is 6.08. The van der Waals surface area contributed by atoms with Crippen LogP contribution in [0.25, 0.3) is 11.3 Å². The second kappa shape index (κ2) is 4.72. The fourth-order valence-corrected chi connectivity index (χ4v) is 1.82. The molecule has 0 aliphatic heterocycles. The summed E-state index contributed by atoms with van der Waals surface area (Å²) in [6.45, 7) is 4.31. The highest BCUT2D eigenvalue weighted by Gasteiger charge is 2.09. The predicted molar refractivity (Wildman–Crippen MR) is 71.0 cm³/mol. The summed E-state index contributed by atoms with van der Waals surface area (Å²) in [7, 11) is 0. The average molecular weight is 248 g/mol. The van der Waals surface area contributed by atoms with Crippen molar-refractivity contribution in [3.8, 4) is 11.3 Å². The van der Waals surface area contributed by atoms with Gasteiger partial charge in [0, 0.05) is 5.56 Å². The fraction of sp³-hybridized carbons (Fsp3) is 0.231. The summed E-state index contributed by atoms with van der Waals surface area (Å²) in [6, 6.07) is 8.16. The van der Waals surface area contributed by atoms with Crippen molar-refractivity contribution in [3.63, 3.8) is 0 Å². The Morgan fingerprint density at radius 3 is 2.35 bits per heavy atom. The SMILES string of the molecule is CC(C)c1ccc(-c2ncnc(N)c2Cl)cc1. The van der Waals surface area contributed by atoms with Crippen LogP contribution in [0.1, 0.15) is 25.3 Å². The van der Waals surface area contributed by atoms with E-state index in [0.29, 0.717) is 22.5 Å². The van der Waals surface area contributed by atoms with Crippen LogP contribution in [0.4, 0.5) is 5.82 Å². The van der Waals surface area contributed by atoms with Crippen LogP contribution in [-0.4, -0.2) is 9.97 Å². The first-order chi connectivity index (χ1) is 8.09. The molecule has 0 unspecified atom stereocenters. The van der Waals surface area contributed by atoms with Crippen LogP contribution in [0.5, 0.6) is 0 Å². The molecule has 0 amide bonds. The van der Waals surface area contributed by atoms with E-state index in [2.05, 4.69) is 35.9 Å². The van der Waals surface area contributed by atoms with Gasteiger partial charge in [0.1, 0.15) is 17.2 Å². The van der Waals surface area contributed by atoms with Crippen molar-refractivity contribution in [1.29, 1.82) is 0 Å². The molecule has 0 aliphatic rings. The van der Waals surface area contributed by atoms with Gasteiger partial charge in [0.15, 0.2) is 0 Å². The van der Waals surface area contributed by atoms with Crippen LogP contribution in [0.3, 0.4) is 0 Å². The number of hydrogen-bond acceptors (Lipinski definition) is 3. The molecule has 2 rings (SSSR count). The van der Waals surface area contributed by atoms with Crippen molar-refractivity contribution in [2.24, 2.45) is 0 Å². The molecule has 0 saturated carbocycles. The summed E-state index contributed by atoms with van der Waals surface area (Å²) in [5.41, 5.74) is 8.56. The highest BCUT2D eigenvalue weighted by atomic mass is 35.5. The van der Waals surface area contributed by atoms with Gasteiger partial charge >= 0.3 is 0 Å². The average Bonchev–Trinajstić information content (AvgIpc) is 2.33. The largest absolute Gasteiger partial charge is 0.382 e. The van der Waals surface area contributed by atoms with Gasteiger partial charge in [0.2, 0.25) is 0 Å². The molecule has 88 valence electrons. The van der Waals surface area contributed by atoms with E-state index in [9.17, 15) is 0 Å². The third-order valence-corrected chi connectivity index (χ3v) is 3.04. The number of anilines is 1. The van der Waals surface area contributed by atoms with E-state index in [1.807, 2.05) is 12.1 Å². The summed E-state index contributed by atoms with van der Waals surface area (Å²) in [5.74, 6) is 0.819. The van der Waals surface area contributed by atoms with Crippen LogP contribution < -0.4 is 5.73 Å². The number of rotatable bonds is 2. The lowest BCUT2D eigenvalue weighted by Gasteiger charge is -2.08. The first kappa shape index (κ1) is 11.9. The van der Waals surface area contributed by atoms with Crippen LogP contribution in [-0.2, 0) is 0 Å². The molecule has 0 radical (unpaired) electrons. The summed E-state index contributed by atoms with van der Waals surface area (Å²) in [5, 5.41) is 0.407. The normalized spacial score (nSPS) is 10.8. The van der Waals surface area contributed by atoms with E-state index in [1.54, 1.807) is 0 Å². The minimum atomic E-state index is 0.310. The number of aromatic nitrogens is 2. The second-order valence-electron chi connectivity index (χ2n) is 4.20. The molecule has 0 bridgehead atoms. The Bertz CT molecular complexity index is 521. The van der Waals surface area contributed by atoms with E-state index in [0.717, 1.165) is 5.56 Å². The van der Waals surface area contributed by atoms with Gasteiger partial charge < -0.3 is 5.73 Å². The molecule has 0 saturated heterocycles. The summed E-state index contributed by atoms with van der Waals surface area (Å²) in [4.78, 5) is 8.01. The lowest BCUT2D eigenvalue weighted by Crippen LogP contribution is -1.95. The monoisotopic (exact) mass is 247 g/mol. The molecule has 1 aromatic carbocycles. The second-order valence-corrected chi connectivity index (χ2v) is 4.58. The number of nitrogens with two attached hydrogens (primary N) is 1. The van der Waals surface area contributed by atoms with Crippen molar-refractivity contribution in [2.45, 2.75) is 19.8 Å². The first-order valence-corrected chi connectivity index (χ1v) is 5.83. The van der Waals surface area contributed by atoms with E-state index in [-0.39, 0.29) is 0 Å². The Morgan fingerprint density at radius 2 is 1.76 bits per heavy atom. The van der Waals surface area contributed by atoms with Gasteiger partial charge in [-0.25, -0.2) is 9.97 Å². The number of nitrogens with zero attached hydrogens (tertiary/aromatic N) is 2. The molecule has 1 heterocycles. The predicted octanol–water partition coefficient (Wildman–Crippen LogP) is 3.50. The minimum Gasteiger partial charge on any atom is -0.382 e. The molecule has 17 heavy (non-hydrogen) atoms. The number of hydrogen-bond donors (Lipinski definition) is 1. The van der Waals surface area contributed by atoms with Gasteiger partial charge in [-0.3, -0.25) is 0 Å². The van der Waals surface area contributed by atoms with E-state index < -0.39 is 0 Å². The number of benzene rings is 1. The summed E-state index contributed by atoms with van der Waals surface area (Å²) in [6.07, 6.45) is 1.42. The van der Waals surface area contributed by atoms with Gasteiger partial charge in [0.25, 0.3) is 0 Å². The number of nitrogen functional groups attached to an aromatic ring is 1. The van der Waals surface area contributed by atoms with Crippen LogP contribution >= 0.6 is 11.6 Å². The van der Waals surface area contributed by atoms with Crippen LogP contribution in [0.2, 0.25) is 5.02 Å². The molecular weight excluding hydrogens is 234 g/mol. The van der Waals surface area contributed by atoms with Gasteiger partial charge in [0.05, 0.1) is 5.69 Å². The third-order valence-electron chi connectivity index (χ3n) is 2.67. The van der Waals surface area contributed by atoms with Crippen LogP contribution in [0.15, 0.2) is 30.6 Å². The molecule has 0 spiro atoms. The maximum Gasteiger partial charge on any atom is 0.146 e. The van der Waals surface area contributed by atoms with Crippen LogP contribution in [0, 0.1) is 0 Å². The zero-order chi connectivity index (χ0) is 12.4. The standard InChI is InChI=1S/C13H14ClN3/c1-8(2)9-3-5-10(6-4-9)12-11(14)13(15)17-7-16-12/h3-8H,1-2H3,(H2,15,16,17). The molecule has 2 aromatic rings. The Morgan fingerprint density at radius 1 is 1.12 bits per heavy atom. The molecule has 0 fully saturated rings. The van der Waals surface area contributed by atoms with Crippen molar-refractivity contribution < 1.29 is 0 Å². The molecule has 2 N–H and O–H groups in total. The molecule has 0 atom stereocenters. The fourth-order valence-electron chi connectivity index (χ4n) is 1.61. The van der Waals surface area contributed by atoms with Crippen molar-refractivity contribution >= 4 is 17.4 Å². The Balaban J connectivity index is 2.43. The topological polar surface area (TPSA) is 51.8 Å².